The molecule has 0 radical (unpaired) electrons. The Morgan fingerprint density at radius 3 is 2.71 bits per heavy atom. The summed E-state index contributed by atoms with van der Waals surface area (Å²) in [5.41, 5.74) is -0.328. The third-order valence-electron chi connectivity index (χ3n) is 4.40. The summed E-state index contributed by atoms with van der Waals surface area (Å²) in [5.74, 6) is 0.574. The smallest absolute Gasteiger partial charge is 0.214 e. The molecule has 1 saturated carbocycles. The second-order valence-electron chi connectivity index (χ2n) is 5.77. The maximum absolute atomic E-state index is 13.0. The first-order valence-corrected chi connectivity index (χ1v) is 7.72. The van der Waals surface area contributed by atoms with E-state index in [2.05, 4.69) is 12.0 Å². The summed E-state index contributed by atoms with van der Waals surface area (Å²) in [7, 11) is 3.23. The quantitative estimate of drug-likeness (QED) is 0.758. The second-order valence-corrected chi connectivity index (χ2v) is 6.17. The largest absolute Gasteiger partial charge is 0.383 e. The Balaban J connectivity index is 2.27. The predicted molar refractivity (Wildman–Crippen MR) is 80.8 cm³/mol. The van der Waals surface area contributed by atoms with Crippen LogP contribution in [0.15, 0.2) is 6.20 Å². The van der Waals surface area contributed by atoms with E-state index in [-0.39, 0.29) is 5.78 Å². The number of aromatic nitrogens is 2. The lowest BCUT2D eigenvalue weighted by Crippen LogP contribution is -2.45. The lowest BCUT2D eigenvalue weighted by Gasteiger charge is -2.36. The van der Waals surface area contributed by atoms with E-state index in [9.17, 15) is 4.79 Å². The molecule has 2 rings (SSSR count). The zero-order valence-corrected chi connectivity index (χ0v) is 13.7. The van der Waals surface area contributed by atoms with E-state index in [4.69, 9.17) is 21.1 Å². The summed E-state index contributed by atoms with van der Waals surface area (Å²) in [6.07, 6.45) is 4.96. The average Bonchev–Trinajstić information content (AvgIpc) is 2.86. The van der Waals surface area contributed by atoms with Crippen molar-refractivity contribution in [1.82, 2.24) is 9.78 Å². The van der Waals surface area contributed by atoms with E-state index in [1.54, 1.807) is 18.9 Å². The maximum atomic E-state index is 13.0. The van der Waals surface area contributed by atoms with Crippen LogP contribution in [-0.4, -0.2) is 42.0 Å². The molecule has 0 spiro atoms. The fourth-order valence-electron chi connectivity index (χ4n) is 2.90. The van der Waals surface area contributed by atoms with Gasteiger partial charge in [0.1, 0.15) is 11.3 Å². The average molecular weight is 315 g/mol. The third kappa shape index (κ3) is 3.30. The number of ketones is 1. The van der Waals surface area contributed by atoms with E-state index >= 15 is 0 Å². The van der Waals surface area contributed by atoms with Gasteiger partial charge in [0.15, 0.2) is 0 Å². The number of halogens is 1. The Kier molecular flexibility index (Phi) is 5.41. The molecule has 0 aromatic carbocycles. The van der Waals surface area contributed by atoms with Crippen LogP contribution in [0.25, 0.3) is 0 Å². The van der Waals surface area contributed by atoms with Crippen LogP contribution >= 0.6 is 11.6 Å². The Morgan fingerprint density at radius 2 is 2.14 bits per heavy atom. The first-order chi connectivity index (χ1) is 10.0. The van der Waals surface area contributed by atoms with Crippen molar-refractivity contribution >= 4 is 17.4 Å². The summed E-state index contributed by atoms with van der Waals surface area (Å²) in [4.78, 5) is 13.0. The summed E-state index contributed by atoms with van der Waals surface area (Å²) >= 11 is 6.19. The van der Waals surface area contributed by atoms with Crippen molar-refractivity contribution in [3.8, 4) is 0 Å². The first kappa shape index (κ1) is 16.5. The monoisotopic (exact) mass is 314 g/mol. The van der Waals surface area contributed by atoms with Crippen LogP contribution in [0.1, 0.15) is 43.1 Å². The van der Waals surface area contributed by atoms with E-state index in [1.165, 1.54) is 6.20 Å². The van der Waals surface area contributed by atoms with Gasteiger partial charge >= 0.3 is 0 Å². The van der Waals surface area contributed by atoms with Gasteiger partial charge in [-0.25, -0.2) is 0 Å². The molecule has 118 valence electrons. The van der Waals surface area contributed by atoms with Gasteiger partial charge < -0.3 is 9.47 Å². The van der Waals surface area contributed by atoms with Crippen molar-refractivity contribution in [1.29, 1.82) is 0 Å². The molecule has 1 fully saturated rings. The van der Waals surface area contributed by atoms with Gasteiger partial charge in [-0.2, -0.15) is 5.10 Å². The van der Waals surface area contributed by atoms with Crippen LogP contribution in [0, 0.1) is 5.92 Å². The number of Topliss-reactive ketones (excluding diaryl/α,β-unsaturated/α-hetero) is 1. The standard InChI is InChI=1S/C15H23ClN2O3/c1-11-4-6-15(21-3,7-5-11)14(19)13-12(16)10-17-18(13)8-9-20-2/h10-11H,4-9H2,1-3H3. The minimum Gasteiger partial charge on any atom is -0.383 e. The van der Waals surface area contributed by atoms with Gasteiger partial charge in [-0.3, -0.25) is 9.48 Å². The normalized spacial score (nSPS) is 26.0. The van der Waals surface area contributed by atoms with Gasteiger partial charge in [0, 0.05) is 14.2 Å². The number of carbonyl (C=O) groups excluding carboxylic acids is 1. The van der Waals surface area contributed by atoms with Crippen LogP contribution in [-0.2, 0) is 16.0 Å². The number of rotatable bonds is 6. The fraction of sp³-hybridized carbons (Fsp3) is 0.733. The van der Waals surface area contributed by atoms with Crippen LogP contribution in [0.3, 0.4) is 0 Å². The highest BCUT2D eigenvalue weighted by molar-refractivity contribution is 6.34. The zero-order valence-electron chi connectivity index (χ0n) is 12.9. The molecule has 0 atom stereocenters. The van der Waals surface area contributed by atoms with E-state index in [1.807, 2.05) is 0 Å². The molecule has 1 aliphatic rings. The molecular formula is C15H23ClN2O3. The predicted octanol–water partition coefficient (Wildman–Crippen LogP) is 2.96. The highest BCUT2D eigenvalue weighted by Gasteiger charge is 2.43. The molecule has 21 heavy (non-hydrogen) atoms. The van der Waals surface area contributed by atoms with Crippen molar-refractivity contribution in [3.05, 3.63) is 16.9 Å². The van der Waals surface area contributed by atoms with Crippen LogP contribution in [0.2, 0.25) is 5.02 Å². The molecule has 6 heteroatoms. The molecule has 5 nitrogen and oxygen atoms in total. The molecule has 0 bridgehead atoms. The first-order valence-electron chi connectivity index (χ1n) is 7.34. The molecule has 0 saturated heterocycles. The van der Waals surface area contributed by atoms with Gasteiger partial charge in [-0.15, -0.1) is 0 Å². The Bertz CT molecular complexity index is 493. The topological polar surface area (TPSA) is 53.4 Å². The number of methoxy groups -OCH3 is 2. The third-order valence-corrected chi connectivity index (χ3v) is 4.68. The highest BCUT2D eigenvalue weighted by Crippen LogP contribution is 2.37. The maximum Gasteiger partial charge on any atom is 0.214 e. The molecule has 0 amide bonds. The number of hydrogen-bond donors (Lipinski definition) is 0. The number of ether oxygens (including phenoxy) is 2. The number of hydrogen-bond acceptors (Lipinski definition) is 4. The molecule has 0 aliphatic heterocycles. The number of carbonyl (C=O) groups is 1. The molecule has 0 unspecified atom stereocenters. The second kappa shape index (κ2) is 6.90. The molecular weight excluding hydrogens is 292 g/mol. The van der Waals surface area contributed by atoms with E-state index in [0.29, 0.717) is 29.8 Å². The van der Waals surface area contributed by atoms with Gasteiger partial charge in [0.25, 0.3) is 0 Å². The summed E-state index contributed by atoms with van der Waals surface area (Å²) in [5, 5.41) is 4.56. The Morgan fingerprint density at radius 1 is 1.48 bits per heavy atom. The van der Waals surface area contributed by atoms with E-state index in [0.717, 1.165) is 25.7 Å². The SMILES string of the molecule is COCCn1ncc(Cl)c1C(=O)C1(OC)CCC(C)CC1. The lowest BCUT2D eigenvalue weighted by atomic mass is 9.76. The van der Waals surface area contributed by atoms with Crippen molar-refractivity contribution in [3.63, 3.8) is 0 Å². The lowest BCUT2D eigenvalue weighted by molar-refractivity contribution is -0.0270. The van der Waals surface area contributed by atoms with Crippen LogP contribution < -0.4 is 0 Å². The minimum atomic E-state index is -0.763. The summed E-state index contributed by atoms with van der Waals surface area (Å²) in [6.45, 7) is 3.19. The Labute approximate surface area is 130 Å². The van der Waals surface area contributed by atoms with Gasteiger partial charge in [-0.05, 0) is 31.6 Å². The van der Waals surface area contributed by atoms with Crippen LogP contribution in [0.5, 0.6) is 0 Å². The molecule has 1 aliphatic carbocycles. The van der Waals surface area contributed by atoms with Crippen molar-refractivity contribution in [2.45, 2.75) is 44.8 Å². The fourth-order valence-corrected chi connectivity index (χ4v) is 3.13. The highest BCUT2D eigenvalue weighted by atomic mass is 35.5. The number of nitrogens with zero attached hydrogens (tertiary/aromatic N) is 2. The van der Waals surface area contributed by atoms with E-state index < -0.39 is 5.60 Å². The van der Waals surface area contributed by atoms with Gasteiger partial charge in [0.05, 0.1) is 24.4 Å². The van der Waals surface area contributed by atoms with Gasteiger partial charge in [-0.1, -0.05) is 18.5 Å². The molecule has 1 aromatic rings. The van der Waals surface area contributed by atoms with Crippen molar-refractivity contribution in [2.75, 3.05) is 20.8 Å². The molecule has 1 heterocycles. The van der Waals surface area contributed by atoms with Crippen LogP contribution in [0.4, 0.5) is 0 Å². The van der Waals surface area contributed by atoms with Crippen molar-refractivity contribution < 1.29 is 14.3 Å². The molecule has 1 aromatic heterocycles. The summed E-state index contributed by atoms with van der Waals surface area (Å²) < 4.78 is 12.3. The van der Waals surface area contributed by atoms with Crippen molar-refractivity contribution in [2.24, 2.45) is 5.92 Å². The van der Waals surface area contributed by atoms with Gasteiger partial charge in [0.2, 0.25) is 5.78 Å². The zero-order chi connectivity index (χ0) is 15.5. The minimum absolute atomic E-state index is 0.0597. The summed E-state index contributed by atoms with van der Waals surface area (Å²) in [6, 6.07) is 0. The Hall–Kier alpha value is -0.910. The molecule has 0 N–H and O–H groups in total.